The van der Waals surface area contributed by atoms with E-state index in [4.69, 9.17) is 15.0 Å². The van der Waals surface area contributed by atoms with Gasteiger partial charge in [0, 0.05) is 36.9 Å². The predicted octanol–water partition coefficient (Wildman–Crippen LogP) is 12.2. The molecule has 0 radical (unpaired) electrons. The molecule has 9 aromatic rings. The van der Waals surface area contributed by atoms with Crippen LogP contribution in [0.25, 0.3) is 87.7 Å². The summed E-state index contributed by atoms with van der Waals surface area (Å²) in [5, 5.41) is 2.62. The van der Waals surface area contributed by atoms with E-state index in [1.165, 1.54) is 31.3 Å². The predicted molar refractivity (Wildman–Crippen MR) is 205 cm³/mol. The number of aromatic nitrogens is 3. The molecule has 0 aliphatic heterocycles. The Bertz CT molecular complexity index is 2520. The first-order valence-corrected chi connectivity index (χ1v) is 17.2. The third kappa shape index (κ3) is 5.58. The Morgan fingerprint density at radius 1 is 0.306 bits per heavy atom. The Morgan fingerprint density at radius 2 is 0.755 bits per heavy atom. The highest BCUT2D eigenvalue weighted by Crippen LogP contribution is 2.40. The van der Waals surface area contributed by atoms with Crippen LogP contribution in [0, 0.1) is 0 Å². The molecule has 4 heteroatoms. The standard InChI is InChI=1S/C45H29N3S/c1-4-13-30(14-5-1)35-27-36(31-23-25-32(26-24-31)38-20-12-21-40-39-19-10-11-22-41(39)49-42(38)40)29-37(28-35)45-47-43(33-15-6-2-7-16-33)46-44(48-45)34-17-8-3-9-18-34/h1-29H. The summed E-state index contributed by atoms with van der Waals surface area (Å²) in [7, 11) is 0. The molecular formula is C45H29N3S. The van der Waals surface area contributed by atoms with Crippen LogP contribution in [0.2, 0.25) is 0 Å². The van der Waals surface area contributed by atoms with E-state index in [9.17, 15) is 0 Å². The second-order valence-electron chi connectivity index (χ2n) is 12.1. The minimum absolute atomic E-state index is 0.639. The number of rotatable bonds is 6. The second-order valence-corrected chi connectivity index (χ2v) is 13.1. The molecule has 49 heavy (non-hydrogen) atoms. The summed E-state index contributed by atoms with van der Waals surface area (Å²) in [6.07, 6.45) is 0. The molecule has 2 aromatic heterocycles. The van der Waals surface area contributed by atoms with Crippen LogP contribution in [-0.4, -0.2) is 15.0 Å². The molecular weight excluding hydrogens is 615 g/mol. The number of hydrogen-bond acceptors (Lipinski definition) is 4. The van der Waals surface area contributed by atoms with Crippen molar-refractivity contribution < 1.29 is 0 Å². The quantitative estimate of drug-likeness (QED) is 0.181. The van der Waals surface area contributed by atoms with Crippen molar-refractivity contribution in [2.24, 2.45) is 0 Å². The Labute approximate surface area is 288 Å². The number of fused-ring (bicyclic) bond motifs is 3. The van der Waals surface area contributed by atoms with Crippen LogP contribution < -0.4 is 0 Å². The van der Waals surface area contributed by atoms with Gasteiger partial charge in [0.15, 0.2) is 17.5 Å². The largest absolute Gasteiger partial charge is 0.208 e. The topological polar surface area (TPSA) is 38.7 Å². The monoisotopic (exact) mass is 643 g/mol. The van der Waals surface area contributed by atoms with Crippen molar-refractivity contribution in [3.05, 3.63) is 176 Å². The molecule has 0 saturated carbocycles. The summed E-state index contributed by atoms with van der Waals surface area (Å²) in [6, 6.07) is 61.6. The molecule has 0 unspecified atom stereocenters. The van der Waals surface area contributed by atoms with Gasteiger partial charge in [0.1, 0.15) is 0 Å². The normalized spacial score (nSPS) is 11.3. The molecule has 0 atom stereocenters. The molecule has 0 bridgehead atoms. The third-order valence-corrected chi connectivity index (χ3v) is 10.2. The van der Waals surface area contributed by atoms with Gasteiger partial charge in [-0.1, -0.05) is 152 Å². The van der Waals surface area contributed by atoms with Gasteiger partial charge in [-0.15, -0.1) is 11.3 Å². The summed E-state index contributed by atoms with van der Waals surface area (Å²) in [4.78, 5) is 15.0. The molecule has 0 fully saturated rings. The van der Waals surface area contributed by atoms with Gasteiger partial charge < -0.3 is 0 Å². The number of nitrogens with zero attached hydrogens (tertiary/aromatic N) is 3. The molecule has 0 aliphatic carbocycles. The van der Waals surface area contributed by atoms with E-state index < -0.39 is 0 Å². The van der Waals surface area contributed by atoms with Crippen molar-refractivity contribution in [3.63, 3.8) is 0 Å². The highest BCUT2D eigenvalue weighted by Gasteiger charge is 2.15. The first-order valence-electron chi connectivity index (χ1n) is 16.4. The van der Waals surface area contributed by atoms with E-state index in [1.54, 1.807) is 0 Å². The smallest absolute Gasteiger partial charge is 0.164 e. The van der Waals surface area contributed by atoms with Gasteiger partial charge in [-0.3, -0.25) is 0 Å². The van der Waals surface area contributed by atoms with Crippen molar-refractivity contribution in [3.8, 4) is 67.5 Å². The van der Waals surface area contributed by atoms with Gasteiger partial charge in [-0.05, 0) is 57.6 Å². The van der Waals surface area contributed by atoms with Crippen LogP contribution in [0.3, 0.4) is 0 Å². The third-order valence-electron chi connectivity index (χ3n) is 8.93. The van der Waals surface area contributed by atoms with Gasteiger partial charge in [0.25, 0.3) is 0 Å². The molecule has 7 aromatic carbocycles. The lowest BCUT2D eigenvalue weighted by Gasteiger charge is -2.13. The van der Waals surface area contributed by atoms with Crippen molar-refractivity contribution in [1.82, 2.24) is 15.0 Å². The molecule has 3 nitrogen and oxygen atoms in total. The zero-order valence-electron chi connectivity index (χ0n) is 26.5. The maximum absolute atomic E-state index is 5.05. The molecule has 2 heterocycles. The average Bonchev–Trinajstić information content (AvgIpc) is 3.58. The minimum Gasteiger partial charge on any atom is -0.208 e. The lowest BCUT2D eigenvalue weighted by Crippen LogP contribution is -2.00. The average molecular weight is 644 g/mol. The van der Waals surface area contributed by atoms with E-state index in [1.807, 2.05) is 78.1 Å². The molecule has 9 rings (SSSR count). The van der Waals surface area contributed by atoms with Crippen LogP contribution in [0.15, 0.2) is 176 Å². The second kappa shape index (κ2) is 12.4. The first kappa shape index (κ1) is 29.0. The van der Waals surface area contributed by atoms with E-state index >= 15 is 0 Å². The van der Waals surface area contributed by atoms with Crippen LogP contribution in [-0.2, 0) is 0 Å². The fraction of sp³-hybridized carbons (Fsp3) is 0. The molecule has 0 amide bonds. The number of hydrogen-bond donors (Lipinski definition) is 0. The molecule has 0 saturated heterocycles. The summed E-state index contributed by atoms with van der Waals surface area (Å²) in [5.41, 5.74) is 9.78. The van der Waals surface area contributed by atoms with Crippen molar-refractivity contribution in [2.45, 2.75) is 0 Å². The zero-order valence-corrected chi connectivity index (χ0v) is 27.3. The van der Waals surface area contributed by atoms with E-state index in [0.29, 0.717) is 17.5 Å². The Kier molecular flexibility index (Phi) is 7.34. The molecule has 0 N–H and O–H groups in total. The zero-order chi connectivity index (χ0) is 32.6. The maximum Gasteiger partial charge on any atom is 0.164 e. The lowest BCUT2D eigenvalue weighted by molar-refractivity contribution is 1.07. The van der Waals surface area contributed by atoms with Gasteiger partial charge in [0.05, 0.1) is 0 Å². The summed E-state index contributed by atoms with van der Waals surface area (Å²) in [5.74, 6) is 1.94. The first-order chi connectivity index (χ1) is 24.3. The SMILES string of the molecule is c1ccc(-c2cc(-c3ccc(-c4cccc5c4sc4ccccc45)cc3)cc(-c3nc(-c4ccccc4)nc(-c4ccccc4)n3)c2)cc1. The van der Waals surface area contributed by atoms with Gasteiger partial charge in [0.2, 0.25) is 0 Å². The van der Waals surface area contributed by atoms with Crippen molar-refractivity contribution >= 4 is 31.5 Å². The van der Waals surface area contributed by atoms with Crippen LogP contribution >= 0.6 is 11.3 Å². The molecule has 0 spiro atoms. The minimum atomic E-state index is 0.639. The Balaban J connectivity index is 1.18. The van der Waals surface area contributed by atoms with Crippen molar-refractivity contribution in [1.29, 1.82) is 0 Å². The van der Waals surface area contributed by atoms with E-state index in [-0.39, 0.29) is 0 Å². The van der Waals surface area contributed by atoms with E-state index in [2.05, 4.69) is 109 Å². The van der Waals surface area contributed by atoms with Gasteiger partial charge >= 0.3 is 0 Å². The van der Waals surface area contributed by atoms with Crippen LogP contribution in [0.5, 0.6) is 0 Å². The number of benzene rings is 7. The van der Waals surface area contributed by atoms with E-state index in [0.717, 1.165) is 38.9 Å². The molecule has 230 valence electrons. The maximum atomic E-state index is 5.05. The fourth-order valence-corrected chi connectivity index (χ4v) is 7.71. The van der Waals surface area contributed by atoms with Gasteiger partial charge in [-0.25, -0.2) is 15.0 Å². The van der Waals surface area contributed by atoms with Gasteiger partial charge in [-0.2, -0.15) is 0 Å². The lowest BCUT2D eigenvalue weighted by atomic mass is 9.94. The van der Waals surface area contributed by atoms with Crippen LogP contribution in [0.4, 0.5) is 0 Å². The number of thiophene rings is 1. The van der Waals surface area contributed by atoms with Crippen molar-refractivity contribution in [2.75, 3.05) is 0 Å². The fourth-order valence-electron chi connectivity index (χ4n) is 6.48. The highest BCUT2D eigenvalue weighted by atomic mass is 32.1. The Hall–Kier alpha value is -6.23. The summed E-state index contributed by atoms with van der Waals surface area (Å²) in [6.45, 7) is 0. The summed E-state index contributed by atoms with van der Waals surface area (Å²) < 4.78 is 2.64. The molecule has 0 aliphatic rings. The highest BCUT2D eigenvalue weighted by molar-refractivity contribution is 7.26. The Morgan fingerprint density at radius 3 is 1.37 bits per heavy atom. The summed E-state index contributed by atoms with van der Waals surface area (Å²) >= 11 is 1.86. The van der Waals surface area contributed by atoms with Crippen LogP contribution in [0.1, 0.15) is 0 Å².